The van der Waals surface area contributed by atoms with Gasteiger partial charge >= 0.3 is 0 Å². The van der Waals surface area contributed by atoms with Crippen LogP contribution in [0, 0.1) is 6.92 Å². The van der Waals surface area contributed by atoms with Crippen molar-refractivity contribution in [2.24, 2.45) is 5.73 Å². The summed E-state index contributed by atoms with van der Waals surface area (Å²) in [7, 11) is 0. The van der Waals surface area contributed by atoms with Gasteiger partial charge in [0.2, 0.25) is 5.91 Å². The maximum Gasteiger partial charge on any atom is 0.248 e. The number of hydrogen-bond acceptors (Lipinski definition) is 5. The molecule has 6 nitrogen and oxygen atoms in total. The average molecular weight is 395 g/mol. The largest absolute Gasteiger partial charge is 0.491 e. The summed E-state index contributed by atoms with van der Waals surface area (Å²) in [5.74, 6) is 1.12. The van der Waals surface area contributed by atoms with Gasteiger partial charge in [0, 0.05) is 29.7 Å². The van der Waals surface area contributed by atoms with Gasteiger partial charge in [0.25, 0.3) is 0 Å². The Morgan fingerprint density at radius 2 is 1.86 bits per heavy atom. The first-order valence-electron chi connectivity index (χ1n) is 9.87. The lowest BCUT2D eigenvalue weighted by Gasteiger charge is -2.22. The number of ether oxygens (including phenoxy) is 3. The van der Waals surface area contributed by atoms with E-state index in [1.54, 1.807) is 18.2 Å². The number of fused-ring (bicyclic) bond motifs is 1. The maximum atomic E-state index is 11.5. The van der Waals surface area contributed by atoms with Crippen LogP contribution in [0.1, 0.15) is 29.0 Å². The molecule has 3 aromatic rings. The molecule has 1 aliphatic rings. The quantitative estimate of drug-likeness (QED) is 0.610. The van der Waals surface area contributed by atoms with E-state index in [0.717, 1.165) is 59.7 Å². The molecule has 152 valence electrons. The van der Waals surface area contributed by atoms with Crippen molar-refractivity contribution in [2.75, 3.05) is 26.4 Å². The first-order valence-corrected chi connectivity index (χ1v) is 9.87. The normalized spacial score (nSPS) is 14.9. The van der Waals surface area contributed by atoms with Gasteiger partial charge in [0.15, 0.2) is 0 Å². The fourth-order valence-electron chi connectivity index (χ4n) is 3.67. The highest BCUT2D eigenvalue weighted by atomic mass is 16.5. The Kier molecular flexibility index (Phi) is 5.83. The van der Waals surface area contributed by atoms with Crippen LogP contribution >= 0.6 is 0 Å². The maximum absolute atomic E-state index is 11.5. The predicted molar refractivity (Wildman–Crippen MR) is 110 cm³/mol. The zero-order valence-electron chi connectivity index (χ0n) is 16.5. The molecule has 1 saturated heterocycles. The minimum atomic E-state index is -0.455. The monoisotopic (exact) mass is 395 g/mol. The van der Waals surface area contributed by atoms with Crippen LogP contribution in [-0.4, -0.2) is 38.4 Å². The van der Waals surface area contributed by atoms with Crippen molar-refractivity contribution in [3.05, 3.63) is 53.8 Å². The summed E-state index contributed by atoms with van der Waals surface area (Å²) in [4.78, 5) is 11.5. The number of hydrogen-bond donors (Lipinski definition) is 1. The fourth-order valence-corrected chi connectivity index (χ4v) is 3.67. The van der Waals surface area contributed by atoms with E-state index < -0.39 is 5.91 Å². The Hall–Kier alpha value is -2.83. The second-order valence-electron chi connectivity index (χ2n) is 7.16. The van der Waals surface area contributed by atoms with Crippen LogP contribution in [0.4, 0.5) is 0 Å². The lowest BCUT2D eigenvalue weighted by atomic mass is 10.0. The van der Waals surface area contributed by atoms with Gasteiger partial charge in [-0.1, -0.05) is 12.1 Å². The topological polar surface area (TPSA) is 83.9 Å². The van der Waals surface area contributed by atoms with Gasteiger partial charge in [0.1, 0.15) is 23.7 Å². The number of carbonyl (C=O) groups excluding carboxylic acids is 1. The molecule has 2 heterocycles. The molecular formula is C23H25NO5. The molecule has 2 aromatic carbocycles. The SMILES string of the molecule is Cc1oc2ccc(C(N)=O)cc2c1-c1ccc(OCCOC2CCOCC2)cc1. The van der Waals surface area contributed by atoms with Crippen molar-refractivity contribution >= 4 is 16.9 Å². The number of benzene rings is 2. The van der Waals surface area contributed by atoms with E-state index in [2.05, 4.69) is 0 Å². The van der Waals surface area contributed by atoms with Crippen molar-refractivity contribution in [3.8, 4) is 16.9 Å². The van der Waals surface area contributed by atoms with Crippen molar-refractivity contribution < 1.29 is 23.4 Å². The summed E-state index contributed by atoms with van der Waals surface area (Å²) in [5.41, 5.74) is 8.57. The first kappa shape index (κ1) is 19.5. The van der Waals surface area contributed by atoms with Gasteiger partial charge in [-0.15, -0.1) is 0 Å². The van der Waals surface area contributed by atoms with Crippen LogP contribution in [-0.2, 0) is 9.47 Å². The Morgan fingerprint density at radius 1 is 1.10 bits per heavy atom. The van der Waals surface area contributed by atoms with Gasteiger partial charge in [0.05, 0.1) is 12.7 Å². The molecule has 0 spiro atoms. The Labute approximate surface area is 169 Å². The highest BCUT2D eigenvalue weighted by Crippen LogP contribution is 2.35. The van der Waals surface area contributed by atoms with Crippen LogP contribution in [0.15, 0.2) is 46.9 Å². The highest BCUT2D eigenvalue weighted by Gasteiger charge is 2.15. The molecule has 0 radical (unpaired) electrons. The molecule has 1 fully saturated rings. The summed E-state index contributed by atoms with van der Waals surface area (Å²) in [5, 5.41) is 0.873. The van der Waals surface area contributed by atoms with Crippen LogP contribution < -0.4 is 10.5 Å². The zero-order chi connectivity index (χ0) is 20.2. The summed E-state index contributed by atoms with van der Waals surface area (Å²) >= 11 is 0. The van der Waals surface area contributed by atoms with E-state index in [0.29, 0.717) is 18.8 Å². The number of nitrogens with two attached hydrogens (primary N) is 1. The van der Waals surface area contributed by atoms with E-state index >= 15 is 0 Å². The summed E-state index contributed by atoms with van der Waals surface area (Å²) in [6.45, 7) is 4.53. The van der Waals surface area contributed by atoms with Gasteiger partial charge < -0.3 is 24.4 Å². The third-order valence-corrected chi connectivity index (χ3v) is 5.17. The number of amides is 1. The van der Waals surface area contributed by atoms with E-state index in [9.17, 15) is 4.79 Å². The molecule has 1 amide bonds. The van der Waals surface area contributed by atoms with Crippen molar-refractivity contribution in [1.29, 1.82) is 0 Å². The molecule has 1 aromatic heterocycles. The number of rotatable bonds is 7. The first-order chi connectivity index (χ1) is 14.1. The van der Waals surface area contributed by atoms with Crippen LogP contribution in [0.3, 0.4) is 0 Å². The lowest BCUT2D eigenvalue weighted by Crippen LogP contribution is -2.25. The molecule has 1 aliphatic heterocycles. The Balaban J connectivity index is 1.43. The van der Waals surface area contributed by atoms with Crippen LogP contribution in [0.5, 0.6) is 5.75 Å². The summed E-state index contributed by atoms with van der Waals surface area (Å²) in [6.07, 6.45) is 2.17. The summed E-state index contributed by atoms with van der Waals surface area (Å²) in [6, 6.07) is 13.1. The van der Waals surface area contributed by atoms with E-state index in [1.807, 2.05) is 31.2 Å². The number of primary amides is 1. The minimum absolute atomic E-state index is 0.275. The number of furan rings is 1. The fraction of sp³-hybridized carbons (Fsp3) is 0.348. The van der Waals surface area contributed by atoms with Gasteiger partial charge in [-0.25, -0.2) is 0 Å². The van der Waals surface area contributed by atoms with Crippen LogP contribution in [0.2, 0.25) is 0 Å². The third-order valence-electron chi connectivity index (χ3n) is 5.17. The number of carbonyl (C=O) groups is 1. The molecular weight excluding hydrogens is 370 g/mol. The van der Waals surface area contributed by atoms with Crippen molar-refractivity contribution in [1.82, 2.24) is 0 Å². The summed E-state index contributed by atoms with van der Waals surface area (Å²) < 4.78 is 22.8. The molecule has 0 unspecified atom stereocenters. The predicted octanol–water partition coefficient (Wildman–Crippen LogP) is 4.08. The van der Waals surface area contributed by atoms with E-state index in [1.165, 1.54) is 0 Å². The molecule has 4 rings (SSSR count). The Bertz CT molecular complexity index is 986. The van der Waals surface area contributed by atoms with E-state index in [-0.39, 0.29) is 6.10 Å². The Morgan fingerprint density at radius 3 is 2.59 bits per heavy atom. The van der Waals surface area contributed by atoms with Gasteiger partial charge in [-0.05, 0) is 55.7 Å². The second-order valence-corrected chi connectivity index (χ2v) is 7.16. The standard InChI is InChI=1S/C23H25NO5/c1-15-22(20-14-17(23(24)25)4-7-21(20)29-15)16-2-5-18(6-3-16)27-12-13-28-19-8-10-26-11-9-19/h2-7,14,19H,8-13H2,1H3,(H2,24,25). The lowest BCUT2D eigenvalue weighted by molar-refractivity contribution is -0.0388. The molecule has 0 atom stereocenters. The molecule has 29 heavy (non-hydrogen) atoms. The van der Waals surface area contributed by atoms with Crippen molar-refractivity contribution in [2.45, 2.75) is 25.9 Å². The second kappa shape index (κ2) is 8.68. The van der Waals surface area contributed by atoms with Crippen LogP contribution in [0.25, 0.3) is 22.1 Å². The number of aryl methyl sites for hydroxylation is 1. The molecule has 0 saturated carbocycles. The minimum Gasteiger partial charge on any atom is -0.491 e. The third kappa shape index (κ3) is 4.44. The van der Waals surface area contributed by atoms with E-state index in [4.69, 9.17) is 24.4 Å². The average Bonchev–Trinajstić information content (AvgIpc) is 3.07. The molecule has 0 bridgehead atoms. The molecule has 2 N–H and O–H groups in total. The highest BCUT2D eigenvalue weighted by molar-refractivity contribution is 6.02. The van der Waals surface area contributed by atoms with Crippen molar-refractivity contribution in [3.63, 3.8) is 0 Å². The smallest absolute Gasteiger partial charge is 0.248 e. The zero-order valence-corrected chi connectivity index (χ0v) is 16.5. The molecule has 0 aliphatic carbocycles. The van der Waals surface area contributed by atoms with Gasteiger partial charge in [-0.3, -0.25) is 4.79 Å². The molecule has 6 heteroatoms. The van der Waals surface area contributed by atoms with Gasteiger partial charge in [-0.2, -0.15) is 0 Å².